The minimum absolute atomic E-state index is 0.00511. The molecule has 5 nitrogen and oxygen atoms in total. The van der Waals surface area contributed by atoms with Crippen LogP contribution in [0.25, 0.3) is 0 Å². The van der Waals surface area contributed by atoms with Gasteiger partial charge in [0.2, 0.25) is 10.0 Å². The molecular formula is C21H21FN2O3S. The van der Waals surface area contributed by atoms with Gasteiger partial charge in [-0.2, -0.15) is 4.72 Å². The molecule has 28 heavy (non-hydrogen) atoms. The van der Waals surface area contributed by atoms with Crippen molar-refractivity contribution < 1.29 is 17.6 Å². The van der Waals surface area contributed by atoms with Crippen molar-refractivity contribution in [2.45, 2.75) is 30.2 Å². The summed E-state index contributed by atoms with van der Waals surface area (Å²) in [5.41, 5.74) is 1.13. The smallest absolute Gasteiger partial charge is 0.254 e. The van der Waals surface area contributed by atoms with Crippen LogP contribution >= 0.6 is 0 Å². The summed E-state index contributed by atoms with van der Waals surface area (Å²) in [4.78, 5) is 14.7. The Morgan fingerprint density at radius 3 is 2.79 bits per heavy atom. The molecule has 1 saturated heterocycles. The van der Waals surface area contributed by atoms with Crippen LogP contribution in [-0.2, 0) is 16.4 Å². The van der Waals surface area contributed by atoms with Crippen LogP contribution in [0.4, 0.5) is 4.39 Å². The van der Waals surface area contributed by atoms with E-state index in [4.69, 9.17) is 6.42 Å². The van der Waals surface area contributed by atoms with Gasteiger partial charge in [0.15, 0.2) is 0 Å². The van der Waals surface area contributed by atoms with Crippen molar-refractivity contribution >= 4 is 15.9 Å². The highest BCUT2D eigenvalue weighted by molar-refractivity contribution is 7.89. The fraction of sp³-hybridized carbons (Fsp3) is 0.286. The molecule has 0 aromatic heterocycles. The number of nitrogens with zero attached hydrogens (tertiary/aromatic N) is 1. The Hall–Kier alpha value is -2.69. The van der Waals surface area contributed by atoms with Gasteiger partial charge < -0.3 is 4.90 Å². The largest absolute Gasteiger partial charge is 0.335 e. The molecule has 0 aliphatic carbocycles. The first-order chi connectivity index (χ1) is 13.4. The van der Waals surface area contributed by atoms with E-state index < -0.39 is 10.0 Å². The number of sulfonamides is 1. The lowest BCUT2D eigenvalue weighted by Gasteiger charge is -2.25. The van der Waals surface area contributed by atoms with E-state index in [2.05, 4.69) is 10.6 Å². The van der Waals surface area contributed by atoms with Crippen LogP contribution in [0.15, 0.2) is 53.4 Å². The summed E-state index contributed by atoms with van der Waals surface area (Å²) in [5, 5.41) is 0. The molecule has 1 fully saturated rings. The predicted octanol–water partition coefficient (Wildman–Crippen LogP) is 2.58. The molecule has 1 heterocycles. The highest BCUT2D eigenvalue weighted by Gasteiger charge is 2.30. The molecule has 1 unspecified atom stereocenters. The number of halogens is 1. The van der Waals surface area contributed by atoms with E-state index in [1.807, 2.05) is 6.07 Å². The molecule has 0 spiro atoms. The fourth-order valence-electron chi connectivity index (χ4n) is 3.43. The van der Waals surface area contributed by atoms with Crippen molar-refractivity contribution in [2.24, 2.45) is 0 Å². The summed E-state index contributed by atoms with van der Waals surface area (Å²) in [7, 11) is -3.77. The number of likely N-dealkylation sites (tertiary alicyclic amines) is 1. The van der Waals surface area contributed by atoms with E-state index in [0.29, 0.717) is 18.5 Å². The normalized spacial score (nSPS) is 16.7. The molecule has 2 aromatic carbocycles. The number of amides is 1. The molecule has 2 aromatic rings. The topological polar surface area (TPSA) is 66.5 Å². The Labute approximate surface area is 164 Å². The first-order valence-corrected chi connectivity index (χ1v) is 10.5. The second-order valence-corrected chi connectivity index (χ2v) is 8.45. The molecule has 7 heteroatoms. The first kappa shape index (κ1) is 20.1. The Balaban J connectivity index is 1.79. The van der Waals surface area contributed by atoms with Crippen molar-refractivity contribution in [3.63, 3.8) is 0 Å². The number of carbonyl (C=O) groups is 1. The Kier molecular flexibility index (Phi) is 6.12. The molecule has 146 valence electrons. The maximum absolute atomic E-state index is 13.5. The van der Waals surface area contributed by atoms with Gasteiger partial charge in [0.05, 0.1) is 11.4 Å². The second-order valence-electron chi connectivity index (χ2n) is 6.69. The average molecular weight is 400 g/mol. The number of nitrogens with one attached hydrogen (secondary N) is 1. The average Bonchev–Trinajstić information content (AvgIpc) is 3.14. The molecule has 1 amide bonds. The molecule has 0 radical (unpaired) electrons. The molecular weight excluding hydrogens is 379 g/mol. The van der Waals surface area contributed by atoms with Crippen LogP contribution in [-0.4, -0.2) is 38.4 Å². The van der Waals surface area contributed by atoms with E-state index in [-0.39, 0.29) is 29.2 Å². The minimum Gasteiger partial charge on any atom is -0.335 e. The first-order valence-electron chi connectivity index (χ1n) is 8.99. The van der Waals surface area contributed by atoms with Crippen molar-refractivity contribution in [1.82, 2.24) is 9.62 Å². The Morgan fingerprint density at radius 1 is 1.25 bits per heavy atom. The highest BCUT2D eigenvalue weighted by Crippen LogP contribution is 2.24. The van der Waals surface area contributed by atoms with Crippen molar-refractivity contribution in [1.29, 1.82) is 0 Å². The van der Waals surface area contributed by atoms with Crippen LogP contribution in [0, 0.1) is 18.2 Å². The molecule has 1 N–H and O–H groups in total. The monoisotopic (exact) mass is 400 g/mol. The second kappa shape index (κ2) is 8.55. The predicted molar refractivity (Wildman–Crippen MR) is 105 cm³/mol. The van der Waals surface area contributed by atoms with Crippen LogP contribution in [0.3, 0.4) is 0 Å². The fourth-order valence-corrected chi connectivity index (χ4v) is 4.41. The Bertz CT molecular complexity index is 1010. The molecule has 0 saturated carbocycles. The standard InChI is InChI=1S/C21H21FN2O3S/c1-2-11-23-28(26,27)20-10-4-7-17(15-20)21(25)24-12-5-9-19(24)14-16-6-3-8-18(22)13-16/h1,3-4,6-8,10,13,15,19,23H,5,9,11-12,14H2. The van der Waals surface area contributed by atoms with Crippen LogP contribution < -0.4 is 4.72 Å². The number of hydrogen-bond donors (Lipinski definition) is 1. The zero-order valence-corrected chi connectivity index (χ0v) is 16.1. The maximum Gasteiger partial charge on any atom is 0.254 e. The SMILES string of the molecule is C#CCNS(=O)(=O)c1cccc(C(=O)N2CCCC2Cc2cccc(F)c2)c1. The molecule has 3 rings (SSSR count). The lowest BCUT2D eigenvalue weighted by Crippen LogP contribution is -2.37. The van der Waals surface area contributed by atoms with Gasteiger partial charge in [-0.25, -0.2) is 12.8 Å². The van der Waals surface area contributed by atoms with E-state index in [0.717, 1.165) is 18.4 Å². The van der Waals surface area contributed by atoms with Crippen LogP contribution in [0.2, 0.25) is 0 Å². The molecule has 1 aliphatic heterocycles. The summed E-state index contributed by atoms with van der Waals surface area (Å²) in [6.07, 6.45) is 7.34. The third-order valence-electron chi connectivity index (χ3n) is 4.75. The number of benzene rings is 2. The summed E-state index contributed by atoms with van der Waals surface area (Å²) in [6.45, 7) is 0.466. The third kappa shape index (κ3) is 4.58. The zero-order chi connectivity index (χ0) is 20.1. The van der Waals surface area contributed by atoms with Crippen molar-refractivity contribution in [2.75, 3.05) is 13.1 Å². The van der Waals surface area contributed by atoms with Crippen molar-refractivity contribution in [3.05, 3.63) is 65.5 Å². The molecule has 0 bridgehead atoms. The maximum atomic E-state index is 13.5. The highest BCUT2D eigenvalue weighted by atomic mass is 32.2. The van der Waals surface area contributed by atoms with Gasteiger partial charge in [-0.1, -0.05) is 24.1 Å². The van der Waals surface area contributed by atoms with Gasteiger partial charge >= 0.3 is 0 Å². The number of terminal acetylenes is 1. The summed E-state index contributed by atoms with van der Waals surface area (Å²) in [6, 6.07) is 12.2. The van der Waals surface area contributed by atoms with Crippen LogP contribution in [0.1, 0.15) is 28.8 Å². The van der Waals surface area contributed by atoms with Gasteiger partial charge in [0.1, 0.15) is 5.82 Å². The number of rotatable bonds is 6. The lowest BCUT2D eigenvalue weighted by molar-refractivity contribution is 0.0736. The van der Waals surface area contributed by atoms with Gasteiger partial charge in [-0.15, -0.1) is 6.42 Å². The summed E-state index contributed by atoms with van der Waals surface area (Å²) >= 11 is 0. The van der Waals surface area contributed by atoms with Gasteiger partial charge in [0.25, 0.3) is 5.91 Å². The third-order valence-corrected chi connectivity index (χ3v) is 6.15. The Morgan fingerprint density at radius 2 is 2.04 bits per heavy atom. The number of carbonyl (C=O) groups excluding carboxylic acids is 1. The van der Waals surface area contributed by atoms with Gasteiger partial charge in [0, 0.05) is 18.2 Å². The summed E-state index contributed by atoms with van der Waals surface area (Å²) < 4.78 is 40.2. The van der Waals surface area contributed by atoms with Crippen molar-refractivity contribution in [3.8, 4) is 12.3 Å². The van der Waals surface area contributed by atoms with E-state index >= 15 is 0 Å². The van der Waals surface area contributed by atoms with Crippen LogP contribution in [0.5, 0.6) is 0 Å². The minimum atomic E-state index is -3.77. The van der Waals surface area contributed by atoms with Gasteiger partial charge in [-0.05, 0) is 55.2 Å². The van der Waals surface area contributed by atoms with E-state index in [9.17, 15) is 17.6 Å². The molecule has 1 aliphatic rings. The quantitative estimate of drug-likeness (QED) is 0.758. The van der Waals surface area contributed by atoms with Gasteiger partial charge in [-0.3, -0.25) is 4.79 Å². The van der Waals surface area contributed by atoms with E-state index in [1.165, 1.54) is 30.3 Å². The lowest BCUT2D eigenvalue weighted by atomic mass is 10.0. The number of hydrogen-bond acceptors (Lipinski definition) is 3. The van der Waals surface area contributed by atoms with E-state index in [1.54, 1.807) is 17.0 Å². The zero-order valence-electron chi connectivity index (χ0n) is 15.3. The molecule has 1 atom stereocenters. The summed E-state index contributed by atoms with van der Waals surface area (Å²) in [5.74, 6) is 1.69.